The maximum Gasteiger partial charge on any atom is 0.257 e. The summed E-state index contributed by atoms with van der Waals surface area (Å²) >= 11 is 0. The summed E-state index contributed by atoms with van der Waals surface area (Å²) in [4.78, 5) is 11.4. The zero-order valence-corrected chi connectivity index (χ0v) is 11.7. The topological polar surface area (TPSA) is 50.4 Å². The van der Waals surface area contributed by atoms with Gasteiger partial charge in [-0.3, -0.25) is 4.79 Å². The van der Waals surface area contributed by atoms with Gasteiger partial charge in [-0.25, -0.2) is 4.39 Å². The molecule has 0 unspecified atom stereocenters. The van der Waals surface area contributed by atoms with Crippen LogP contribution < -0.4 is 15.4 Å². The minimum atomic E-state index is -0.343. The first-order valence-electron chi connectivity index (χ1n) is 7.09. The molecule has 2 rings (SSSR count). The number of hydrogen-bond donors (Lipinski definition) is 2. The van der Waals surface area contributed by atoms with Crippen LogP contribution in [-0.2, 0) is 11.3 Å². The average Bonchev–Trinajstić information content (AvgIpc) is 3.24. The number of amides is 1. The van der Waals surface area contributed by atoms with Gasteiger partial charge < -0.3 is 15.4 Å². The van der Waals surface area contributed by atoms with E-state index in [-0.39, 0.29) is 18.3 Å². The van der Waals surface area contributed by atoms with E-state index in [1.165, 1.54) is 25.0 Å². The van der Waals surface area contributed by atoms with Crippen molar-refractivity contribution in [1.29, 1.82) is 0 Å². The van der Waals surface area contributed by atoms with E-state index in [4.69, 9.17) is 4.74 Å². The summed E-state index contributed by atoms with van der Waals surface area (Å²) in [5, 5.41) is 6.03. The van der Waals surface area contributed by atoms with Crippen LogP contribution in [0.4, 0.5) is 4.39 Å². The van der Waals surface area contributed by atoms with Crippen molar-refractivity contribution < 1.29 is 13.9 Å². The molecule has 20 heavy (non-hydrogen) atoms. The molecule has 1 aliphatic rings. The van der Waals surface area contributed by atoms with Crippen LogP contribution in [0, 0.1) is 5.82 Å². The first-order chi connectivity index (χ1) is 9.67. The number of hydrogen-bond acceptors (Lipinski definition) is 3. The Labute approximate surface area is 118 Å². The third-order valence-corrected chi connectivity index (χ3v) is 3.05. The number of carbonyl (C=O) groups excluding carboxylic acids is 1. The highest BCUT2D eigenvalue weighted by Crippen LogP contribution is 2.21. The molecule has 0 aromatic heterocycles. The van der Waals surface area contributed by atoms with Crippen molar-refractivity contribution >= 4 is 5.91 Å². The van der Waals surface area contributed by atoms with Crippen LogP contribution in [0.2, 0.25) is 0 Å². The Hall–Kier alpha value is -1.62. The highest BCUT2D eigenvalue weighted by atomic mass is 19.1. The second-order valence-electron chi connectivity index (χ2n) is 5.09. The van der Waals surface area contributed by atoms with E-state index < -0.39 is 0 Å². The Kier molecular flexibility index (Phi) is 5.35. The maximum atomic E-state index is 13.5. The molecule has 0 aliphatic heterocycles. The average molecular weight is 280 g/mol. The van der Waals surface area contributed by atoms with Crippen LogP contribution in [0.5, 0.6) is 5.75 Å². The lowest BCUT2D eigenvalue weighted by Gasteiger charge is -2.09. The van der Waals surface area contributed by atoms with Gasteiger partial charge in [0.05, 0.1) is 0 Å². The Morgan fingerprint density at radius 1 is 1.40 bits per heavy atom. The fourth-order valence-electron chi connectivity index (χ4n) is 1.82. The molecule has 1 saturated carbocycles. The number of ether oxygens (including phenoxy) is 1. The van der Waals surface area contributed by atoms with Gasteiger partial charge in [-0.05, 0) is 37.0 Å². The van der Waals surface area contributed by atoms with E-state index in [1.807, 2.05) is 6.92 Å². The van der Waals surface area contributed by atoms with Gasteiger partial charge in [0, 0.05) is 25.2 Å². The second-order valence-corrected chi connectivity index (χ2v) is 5.09. The standard InChI is InChI=1S/C15H21FN2O2/c1-2-5-17-15(19)10-20-14-7-11(6-12(16)8-14)9-18-13-3-4-13/h6-8,13,18H,2-5,9-10H2,1H3,(H,17,19). The summed E-state index contributed by atoms with van der Waals surface area (Å²) in [6.45, 7) is 3.15. The number of rotatable bonds is 8. The van der Waals surface area contributed by atoms with Crippen LogP contribution >= 0.6 is 0 Å². The minimum Gasteiger partial charge on any atom is -0.484 e. The van der Waals surface area contributed by atoms with Crippen molar-refractivity contribution in [2.45, 2.75) is 38.8 Å². The summed E-state index contributed by atoms with van der Waals surface area (Å²) in [6.07, 6.45) is 3.26. The van der Waals surface area contributed by atoms with Gasteiger partial charge in [0.2, 0.25) is 0 Å². The Morgan fingerprint density at radius 2 is 2.20 bits per heavy atom. The molecule has 0 bridgehead atoms. The normalized spacial score (nSPS) is 14.1. The number of benzene rings is 1. The number of nitrogens with one attached hydrogen (secondary N) is 2. The molecular weight excluding hydrogens is 259 g/mol. The van der Waals surface area contributed by atoms with Gasteiger partial charge >= 0.3 is 0 Å². The first-order valence-corrected chi connectivity index (χ1v) is 7.09. The van der Waals surface area contributed by atoms with E-state index in [1.54, 1.807) is 6.07 Å². The minimum absolute atomic E-state index is 0.0844. The molecule has 0 atom stereocenters. The van der Waals surface area contributed by atoms with E-state index in [0.29, 0.717) is 24.9 Å². The zero-order chi connectivity index (χ0) is 14.4. The Morgan fingerprint density at radius 3 is 2.90 bits per heavy atom. The molecule has 0 spiro atoms. The molecule has 2 N–H and O–H groups in total. The van der Waals surface area contributed by atoms with Gasteiger partial charge in [-0.15, -0.1) is 0 Å². The van der Waals surface area contributed by atoms with Crippen LogP contribution in [-0.4, -0.2) is 25.1 Å². The summed E-state index contributed by atoms with van der Waals surface area (Å²) in [5.74, 6) is -0.137. The maximum absolute atomic E-state index is 13.5. The molecule has 0 radical (unpaired) electrons. The van der Waals surface area contributed by atoms with Crippen molar-refractivity contribution in [2.75, 3.05) is 13.2 Å². The lowest BCUT2D eigenvalue weighted by molar-refractivity contribution is -0.123. The quantitative estimate of drug-likeness (QED) is 0.765. The third-order valence-electron chi connectivity index (χ3n) is 3.05. The van der Waals surface area contributed by atoms with Gasteiger partial charge in [0.25, 0.3) is 5.91 Å². The molecule has 1 aromatic carbocycles. The molecule has 5 heteroatoms. The van der Waals surface area contributed by atoms with Gasteiger partial charge in [-0.2, -0.15) is 0 Å². The fourth-order valence-corrected chi connectivity index (χ4v) is 1.82. The molecule has 0 saturated heterocycles. The SMILES string of the molecule is CCCNC(=O)COc1cc(F)cc(CNC2CC2)c1. The predicted octanol–water partition coefficient (Wildman–Crippen LogP) is 1.98. The first kappa shape index (κ1) is 14.8. The van der Waals surface area contributed by atoms with Crippen LogP contribution in [0.1, 0.15) is 31.7 Å². The number of carbonyl (C=O) groups is 1. The number of halogens is 1. The largest absolute Gasteiger partial charge is 0.484 e. The summed E-state index contributed by atoms with van der Waals surface area (Å²) in [5.41, 5.74) is 0.834. The van der Waals surface area contributed by atoms with Crippen molar-refractivity contribution in [3.63, 3.8) is 0 Å². The van der Waals surface area contributed by atoms with Gasteiger partial charge in [0.15, 0.2) is 6.61 Å². The van der Waals surface area contributed by atoms with Crippen molar-refractivity contribution in [2.24, 2.45) is 0 Å². The molecule has 0 heterocycles. The van der Waals surface area contributed by atoms with E-state index in [9.17, 15) is 9.18 Å². The van der Waals surface area contributed by atoms with Crippen LogP contribution in [0.15, 0.2) is 18.2 Å². The second kappa shape index (κ2) is 7.24. The Balaban J connectivity index is 1.84. The lowest BCUT2D eigenvalue weighted by Crippen LogP contribution is -2.29. The Bertz CT molecular complexity index is 461. The van der Waals surface area contributed by atoms with Gasteiger partial charge in [0.1, 0.15) is 11.6 Å². The molecule has 4 nitrogen and oxygen atoms in total. The summed E-state index contributed by atoms with van der Waals surface area (Å²) in [7, 11) is 0. The smallest absolute Gasteiger partial charge is 0.257 e. The molecule has 1 fully saturated rings. The van der Waals surface area contributed by atoms with Crippen molar-refractivity contribution in [3.05, 3.63) is 29.6 Å². The van der Waals surface area contributed by atoms with Crippen molar-refractivity contribution in [3.8, 4) is 5.75 Å². The molecule has 1 aromatic rings. The molecule has 1 aliphatic carbocycles. The molecule has 110 valence electrons. The van der Waals surface area contributed by atoms with Crippen LogP contribution in [0.25, 0.3) is 0 Å². The highest BCUT2D eigenvalue weighted by Gasteiger charge is 2.20. The highest BCUT2D eigenvalue weighted by molar-refractivity contribution is 5.77. The fraction of sp³-hybridized carbons (Fsp3) is 0.533. The molecular formula is C15H21FN2O2. The third kappa shape index (κ3) is 5.17. The summed E-state index contributed by atoms with van der Waals surface area (Å²) in [6, 6.07) is 5.13. The predicted molar refractivity (Wildman–Crippen MR) is 75.1 cm³/mol. The van der Waals surface area contributed by atoms with Gasteiger partial charge in [-0.1, -0.05) is 6.92 Å². The monoisotopic (exact) mass is 280 g/mol. The van der Waals surface area contributed by atoms with E-state index >= 15 is 0 Å². The lowest BCUT2D eigenvalue weighted by atomic mass is 10.2. The van der Waals surface area contributed by atoms with E-state index in [2.05, 4.69) is 10.6 Å². The van der Waals surface area contributed by atoms with Crippen LogP contribution in [0.3, 0.4) is 0 Å². The molecule has 1 amide bonds. The van der Waals surface area contributed by atoms with E-state index in [0.717, 1.165) is 12.0 Å². The summed E-state index contributed by atoms with van der Waals surface area (Å²) < 4.78 is 18.8. The zero-order valence-electron chi connectivity index (χ0n) is 11.7. The van der Waals surface area contributed by atoms with Crippen molar-refractivity contribution in [1.82, 2.24) is 10.6 Å².